The van der Waals surface area contributed by atoms with Gasteiger partial charge in [-0.2, -0.15) is 0 Å². The Kier molecular flexibility index (Phi) is 3.89. The van der Waals surface area contributed by atoms with Crippen LogP contribution in [0, 0.1) is 0 Å². The molecule has 1 aliphatic heterocycles. The van der Waals surface area contributed by atoms with Crippen molar-refractivity contribution in [3.8, 4) is 0 Å². The fraction of sp³-hybridized carbons (Fsp3) is 0.333. The van der Waals surface area contributed by atoms with Gasteiger partial charge >= 0.3 is 0 Å². The highest BCUT2D eigenvalue weighted by atomic mass is 32.2. The van der Waals surface area contributed by atoms with Crippen LogP contribution in [-0.4, -0.2) is 35.5 Å². The molecular weight excluding hydrogens is 268 g/mol. The molecule has 104 valence electrons. The average Bonchev–Trinajstić information content (AvgIpc) is 2.44. The van der Waals surface area contributed by atoms with Gasteiger partial charge in [-0.25, -0.2) is 9.97 Å². The molecule has 0 saturated heterocycles. The largest absolute Gasteiger partial charge is 0.337 e. The fourth-order valence-electron chi connectivity index (χ4n) is 2.24. The van der Waals surface area contributed by atoms with E-state index in [0.29, 0.717) is 0 Å². The van der Waals surface area contributed by atoms with Crippen molar-refractivity contribution < 1.29 is 0 Å². The van der Waals surface area contributed by atoms with E-state index in [-0.39, 0.29) is 0 Å². The molecule has 0 atom stereocenters. The molecule has 0 fully saturated rings. The van der Waals surface area contributed by atoms with Gasteiger partial charge in [-0.15, -0.1) is 0 Å². The summed E-state index contributed by atoms with van der Waals surface area (Å²) >= 11 is 1.68. The van der Waals surface area contributed by atoms with Gasteiger partial charge in [0.15, 0.2) is 5.82 Å². The van der Waals surface area contributed by atoms with E-state index in [1.807, 2.05) is 0 Å². The van der Waals surface area contributed by atoms with Crippen molar-refractivity contribution in [2.45, 2.75) is 22.8 Å². The van der Waals surface area contributed by atoms with Crippen molar-refractivity contribution in [1.82, 2.24) is 14.9 Å². The first-order valence-corrected chi connectivity index (χ1v) is 7.57. The van der Waals surface area contributed by atoms with Gasteiger partial charge in [0, 0.05) is 17.3 Å². The van der Waals surface area contributed by atoms with Crippen molar-refractivity contribution in [3.05, 3.63) is 36.2 Å². The van der Waals surface area contributed by atoms with Crippen LogP contribution in [0.2, 0.25) is 0 Å². The quantitative estimate of drug-likeness (QED) is 0.798. The van der Waals surface area contributed by atoms with Crippen LogP contribution in [0.1, 0.15) is 12.0 Å². The maximum absolute atomic E-state index is 4.34. The maximum atomic E-state index is 4.34. The zero-order valence-electron chi connectivity index (χ0n) is 11.8. The summed E-state index contributed by atoms with van der Waals surface area (Å²) in [5.41, 5.74) is 2.51. The van der Waals surface area contributed by atoms with Crippen LogP contribution in [0.25, 0.3) is 0 Å². The van der Waals surface area contributed by atoms with Crippen molar-refractivity contribution in [3.63, 3.8) is 0 Å². The second kappa shape index (κ2) is 5.81. The molecule has 0 amide bonds. The topological polar surface area (TPSA) is 41.0 Å². The Balaban J connectivity index is 1.74. The van der Waals surface area contributed by atoms with E-state index in [1.54, 1.807) is 24.2 Å². The molecule has 3 rings (SSSR count). The lowest BCUT2D eigenvalue weighted by Crippen LogP contribution is -2.13. The first-order valence-electron chi connectivity index (χ1n) is 6.76. The minimum atomic E-state index is 0.857. The summed E-state index contributed by atoms with van der Waals surface area (Å²) in [6, 6.07) is 6.62. The molecule has 1 N–H and O–H groups in total. The lowest BCUT2D eigenvalue weighted by molar-refractivity contribution is 0.400. The van der Waals surface area contributed by atoms with Crippen molar-refractivity contribution >= 4 is 23.3 Å². The van der Waals surface area contributed by atoms with E-state index < -0.39 is 0 Å². The fourth-order valence-corrected chi connectivity index (χ4v) is 3.11. The molecular formula is C15H18N4S. The number of nitrogens with zero attached hydrogens (tertiary/aromatic N) is 3. The molecule has 0 bridgehead atoms. The summed E-state index contributed by atoms with van der Waals surface area (Å²) in [4.78, 5) is 12.1. The maximum Gasteiger partial charge on any atom is 0.163 e. The second-order valence-corrected chi connectivity index (χ2v) is 6.21. The zero-order chi connectivity index (χ0) is 13.9. The normalized spacial score (nSPS) is 12.8. The van der Waals surface area contributed by atoms with Gasteiger partial charge in [0.25, 0.3) is 0 Å². The van der Waals surface area contributed by atoms with E-state index in [0.717, 1.165) is 29.5 Å². The van der Waals surface area contributed by atoms with Crippen LogP contribution in [0.5, 0.6) is 0 Å². The zero-order valence-corrected chi connectivity index (χ0v) is 12.6. The highest BCUT2D eigenvalue weighted by molar-refractivity contribution is 7.99. The standard InChI is InChI=1S/C15H18N4S/c1-19(2)9-3-4-11-5-6-13-12(10-11)18-14-15(20-13)17-8-7-16-14/h5-8,10H,3-4,9H2,1-2H3,(H,16,18). The first kappa shape index (κ1) is 13.4. The number of aromatic nitrogens is 2. The number of anilines is 2. The van der Waals surface area contributed by atoms with E-state index in [9.17, 15) is 0 Å². The van der Waals surface area contributed by atoms with E-state index in [2.05, 4.69) is 52.5 Å². The minimum absolute atomic E-state index is 0.857. The van der Waals surface area contributed by atoms with Crippen LogP contribution in [-0.2, 0) is 6.42 Å². The SMILES string of the molecule is CN(C)CCCc1ccc2c(c1)Nc1nccnc1S2. The monoisotopic (exact) mass is 286 g/mol. The Hall–Kier alpha value is -1.59. The Bertz CT molecular complexity index is 613. The van der Waals surface area contributed by atoms with E-state index >= 15 is 0 Å². The second-order valence-electron chi connectivity index (χ2n) is 5.17. The molecule has 1 aliphatic rings. The smallest absolute Gasteiger partial charge is 0.163 e. The van der Waals surface area contributed by atoms with Crippen LogP contribution in [0.4, 0.5) is 11.5 Å². The lowest BCUT2D eigenvalue weighted by atomic mass is 10.1. The third-order valence-corrected chi connectivity index (χ3v) is 4.31. The molecule has 4 nitrogen and oxygen atoms in total. The minimum Gasteiger partial charge on any atom is -0.337 e. The third kappa shape index (κ3) is 2.94. The predicted molar refractivity (Wildman–Crippen MR) is 82.8 cm³/mol. The number of hydrogen-bond acceptors (Lipinski definition) is 5. The molecule has 1 aromatic heterocycles. The van der Waals surface area contributed by atoms with Gasteiger partial charge in [-0.3, -0.25) is 0 Å². The molecule has 0 radical (unpaired) electrons. The summed E-state index contributed by atoms with van der Waals surface area (Å²) in [5, 5.41) is 4.32. The molecule has 0 saturated carbocycles. The van der Waals surface area contributed by atoms with Crippen LogP contribution < -0.4 is 5.32 Å². The van der Waals surface area contributed by atoms with Crippen molar-refractivity contribution in [2.24, 2.45) is 0 Å². The molecule has 1 aromatic carbocycles. The Labute approximate surface area is 123 Å². The summed E-state index contributed by atoms with van der Waals surface area (Å²) < 4.78 is 0. The van der Waals surface area contributed by atoms with Gasteiger partial charge in [0.05, 0.1) is 5.69 Å². The Morgan fingerprint density at radius 1 is 1.20 bits per heavy atom. The summed E-state index contributed by atoms with van der Waals surface area (Å²) in [5.74, 6) is 0.857. The average molecular weight is 286 g/mol. The van der Waals surface area contributed by atoms with Gasteiger partial charge in [-0.1, -0.05) is 17.8 Å². The third-order valence-electron chi connectivity index (χ3n) is 3.24. The Morgan fingerprint density at radius 2 is 2.05 bits per heavy atom. The van der Waals surface area contributed by atoms with Crippen LogP contribution in [0.3, 0.4) is 0 Å². The predicted octanol–water partition coefficient (Wildman–Crippen LogP) is 3.18. The number of rotatable bonds is 4. The molecule has 0 spiro atoms. The van der Waals surface area contributed by atoms with Crippen molar-refractivity contribution in [2.75, 3.05) is 26.0 Å². The van der Waals surface area contributed by atoms with Crippen molar-refractivity contribution in [1.29, 1.82) is 0 Å². The summed E-state index contributed by atoms with van der Waals surface area (Å²) in [7, 11) is 4.22. The number of aryl methyl sites for hydroxylation is 1. The molecule has 20 heavy (non-hydrogen) atoms. The highest BCUT2D eigenvalue weighted by Gasteiger charge is 2.17. The first-order chi connectivity index (χ1) is 9.72. The van der Waals surface area contributed by atoms with Gasteiger partial charge < -0.3 is 10.2 Å². The number of hydrogen-bond donors (Lipinski definition) is 1. The molecule has 0 aliphatic carbocycles. The van der Waals surface area contributed by atoms with Crippen LogP contribution in [0.15, 0.2) is 40.5 Å². The number of benzene rings is 1. The number of fused-ring (bicyclic) bond motifs is 2. The van der Waals surface area contributed by atoms with Gasteiger partial charge in [-0.05, 0) is 51.2 Å². The molecule has 2 aromatic rings. The van der Waals surface area contributed by atoms with E-state index in [1.165, 1.54) is 16.9 Å². The summed E-state index contributed by atoms with van der Waals surface area (Å²) in [6.07, 6.45) is 5.73. The van der Waals surface area contributed by atoms with Gasteiger partial charge in [0.2, 0.25) is 0 Å². The molecule has 2 heterocycles. The van der Waals surface area contributed by atoms with Gasteiger partial charge in [0.1, 0.15) is 5.03 Å². The van der Waals surface area contributed by atoms with Crippen LogP contribution >= 0.6 is 11.8 Å². The summed E-state index contributed by atoms with van der Waals surface area (Å²) in [6.45, 7) is 1.12. The molecule has 5 heteroatoms. The molecule has 0 unspecified atom stereocenters. The Morgan fingerprint density at radius 3 is 2.90 bits per heavy atom. The lowest BCUT2D eigenvalue weighted by Gasteiger charge is -2.19. The number of nitrogens with one attached hydrogen (secondary N) is 1. The van der Waals surface area contributed by atoms with E-state index in [4.69, 9.17) is 0 Å². The highest BCUT2D eigenvalue weighted by Crippen LogP contribution is 2.42.